The second-order valence-electron chi connectivity index (χ2n) is 4.32. The van der Waals surface area contributed by atoms with Gasteiger partial charge >= 0.3 is 0 Å². The van der Waals surface area contributed by atoms with Crippen molar-refractivity contribution in [1.82, 2.24) is 0 Å². The van der Waals surface area contributed by atoms with E-state index < -0.39 is 0 Å². The molecule has 1 saturated carbocycles. The zero-order chi connectivity index (χ0) is 8.89. The Kier molecular flexibility index (Phi) is 1.55. The minimum atomic E-state index is 0.433. The first-order valence-electron chi connectivity index (χ1n) is 4.99. The maximum Gasteiger partial charge on any atom is 0.107 e. The van der Waals surface area contributed by atoms with Gasteiger partial charge < -0.3 is 4.42 Å². The first kappa shape index (κ1) is 7.93. The highest BCUT2D eigenvalue weighted by atomic mass is 35.5. The Hall–Kier alpha value is -0.430. The zero-order valence-corrected chi connectivity index (χ0v) is 8.31. The second kappa shape index (κ2) is 2.54. The molecule has 2 atom stereocenters. The summed E-state index contributed by atoms with van der Waals surface area (Å²) in [4.78, 5) is 0. The number of halogens is 1. The summed E-state index contributed by atoms with van der Waals surface area (Å²) in [5, 5.41) is 0. The molecule has 3 rings (SSSR count). The Morgan fingerprint density at radius 2 is 2.54 bits per heavy atom. The van der Waals surface area contributed by atoms with E-state index in [4.69, 9.17) is 16.0 Å². The van der Waals surface area contributed by atoms with E-state index in [2.05, 4.69) is 6.07 Å². The van der Waals surface area contributed by atoms with Gasteiger partial charge in [0.05, 0.1) is 6.26 Å². The van der Waals surface area contributed by atoms with Crippen molar-refractivity contribution in [2.75, 3.05) is 5.88 Å². The van der Waals surface area contributed by atoms with E-state index in [1.54, 1.807) is 0 Å². The molecule has 2 aliphatic rings. The molecule has 0 N–H and O–H groups in total. The van der Waals surface area contributed by atoms with Crippen molar-refractivity contribution in [3.05, 3.63) is 23.7 Å². The fraction of sp³-hybridized carbons (Fsp3) is 0.636. The maximum atomic E-state index is 5.92. The monoisotopic (exact) mass is 196 g/mol. The van der Waals surface area contributed by atoms with Gasteiger partial charge in [0.25, 0.3) is 0 Å². The summed E-state index contributed by atoms with van der Waals surface area (Å²) < 4.78 is 5.48. The Labute approximate surface area is 83.1 Å². The molecule has 1 aromatic rings. The van der Waals surface area contributed by atoms with Crippen LogP contribution in [-0.2, 0) is 11.8 Å². The lowest BCUT2D eigenvalue weighted by Crippen LogP contribution is -2.17. The first-order valence-corrected chi connectivity index (χ1v) is 5.53. The van der Waals surface area contributed by atoms with E-state index in [0.29, 0.717) is 11.3 Å². The smallest absolute Gasteiger partial charge is 0.107 e. The van der Waals surface area contributed by atoms with Gasteiger partial charge in [-0.3, -0.25) is 0 Å². The molecular formula is C11H13ClO. The van der Waals surface area contributed by atoms with E-state index in [-0.39, 0.29) is 0 Å². The van der Waals surface area contributed by atoms with Crippen LogP contribution < -0.4 is 0 Å². The van der Waals surface area contributed by atoms with Crippen molar-refractivity contribution in [3.63, 3.8) is 0 Å². The molecule has 0 amide bonds. The number of aryl methyl sites for hydroxylation is 1. The Morgan fingerprint density at radius 3 is 3.31 bits per heavy atom. The van der Waals surface area contributed by atoms with Crippen LogP contribution in [0.2, 0.25) is 0 Å². The van der Waals surface area contributed by atoms with Crippen LogP contribution in [-0.4, -0.2) is 5.88 Å². The van der Waals surface area contributed by atoms with Crippen molar-refractivity contribution in [2.45, 2.75) is 31.1 Å². The third-order valence-corrected chi connectivity index (χ3v) is 4.10. The second-order valence-corrected chi connectivity index (χ2v) is 4.63. The minimum absolute atomic E-state index is 0.433. The van der Waals surface area contributed by atoms with Crippen molar-refractivity contribution in [2.24, 2.45) is 5.92 Å². The summed E-state index contributed by atoms with van der Waals surface area (Å²) >= 11 is 5.92. The number of fused-ring (bicyclic) bond motifs is 2. The number of rotatable bonds is 1. The molecule has 2 heteroatoms. The van der Waals surface area contributed by atoms with Crippen LogP contribution in [0.25, 0.3) is 0 Å². The van der Waals surface area contributed by atoms with E-state index in [9.17, 15) is 0 Å². The zero-order valence-electron chi connectivity index (χ0n) is 7.55. The normalized spacial score (nSPS) is 36.2. The van der Waals surface area contributed by atoms with Crippen LogP contribution >= 0.6 is 11.6 Å². The molecule has 1 spiro atoms. The average Bonchev–Trinajstić information content (AvgIpc) is 2.61. The molecule has 1 heterocycles. The van der Waals surface area contributed by atoms with Gasteiger partial charge in [-0.25, -0.2) is 0 Å². The summed E-state index contributed by atoms with van der Waals surface area (Å²) in [6, 6.07) is 2.15. The highest BCUT2D eigenvalue weighted by Gasteiger charge is 2.56. The molecule has 0 saturated heterocycles. The molecular weight excluding hydrogens is 184 g/mol. The number of alkyl halides is 1. The highest BCUT2D eigenvalue weighted by molar-refractivity contribution is 6.18. The topological polar surface area (TPSA) is 13.1 Å². The van der Waals surface area contributed by atoms with Gasteiger partial charge in [-0.2, -0.15) is 0 Å². The van der Waals surface area contributed by atoms with E-state index in [1.165, 1.54) is 30.6 Å². The summed E-state index contributed by atoms with van der Waals surface area (Å²) in [5.41, 5.74) is 1.90. The van der Waals surface area contributed by atoms with E-state index in [1.807, 2.05) is 6.26 Å². The largest absolute Gasteiger partial charge is 0.469 e. The predicted octanol–water partition coefficient (Wildman–Crippen LogP) is 3.11. The fourth-order valence-corrected chi connectivity index (χ4v) is 3.30. The molecule has 70 valence electrons. The van der Waals surface area contributed by atoms with Crippen LogP contribution in [0.15, 0.2) is 16.7 Å². The molecule has 0 aromatic carbocycles. The molecule has 0 radical (unpaired) electrons. The number of furan rings is 1. The molecule has 0 aliphatic heterocycles. The van der Waals surface area contributed by atoms with Crippen molar-refractivity contribution in [3.8, 4) is 0 Å². The number of hydrogen-bond acceptors (Lipinski definition) is 1. The summed E-state index contributed by atoms with van der Waals surface area (Å²) in [6.45, 7) is 0. The lowest BCUT2D eigenvalue weighted by Gasteiger charge is -2.21. The Morgan fingerprint density at radius 1 is 1.62 bits per heavy atom. The predicted molar refractivity (Wildman–Crippen MR) is 52.2 cm³/mol. The SMILES string of the molecule is ClCC1CC12CCCc1occc12. The molecule has 2 aliphatic carbocycles. The van der Waals surface area contributed by atoms with Gasteiger partial charge in [-0.1, -0.05) is 0 Å². The van der Waals surface area contributed by atoms with Crippen molar-refractivity contribution in [1.29, 1.82) is 0 Å². The van der Waals surface area contributed by atoms with Gasteiger partial charge in [-0.15, -0.1) is 11.6 Å². The minimum Gasteiger partial charge on any atom is -0.469 e. The van der Waals surface area contributed by atoms with Crippen LogP contribution in [0.4, 0.5) is 0 Å². The van der Waals surface area contributed by atoms with Crippen LogP contribution in [0.3, 0.4) is 0 Å². The third kappa shape index (κ3) is 0.940. The standard InChI is InChI=1S/C11H13ClO/c12-7-8-6-11(8)4-1-2-10-9(11)3-5-13-10/h3,5,8H,1-2,4,6-7H2. The average molecular weight is 197 g/mol. The summed E-state index contributed by atoms with van der Waals surface area (Å²) in [5.74, 6) is 2.75. The first-order chi connectivity index (χ1) is 6.37. The van der Waals surface area contributed by atoms with Gasteiger partial charge in [0.2, 0.25) is 0 Å². The van der Waals surface area contributed by atoms with Crippen LogP contribution in [0.1, 0.15) is 30.6 Å². The molecule has 1 fully saturated rings. The lowest BCUT2D eigenvalue weighted by atomic mass is 9.83. The van der Waals surface area contributed by atoms with Crippen LogP contribution in [0.5, 0.6) is 0 Å². The van der Waals surface area contributed by atoms with Crippen molar-refractivity contribution >= 4 is 11.6 Å². The van der Waals surface area contributed by atoms with Gasteiger partial charge in [0, 0.05) is 17.7 Å². The Bertz CT molecular complexity index is 331. The van der Waals surface area contributed by atoms with E-state index >= 15 is 0 Å². The molecule has 13 heavy (non-hydrogen) atoms. The van der Waals surface area contributed by atoms with Gasteiger partial charge in [-0.05, 0) is 36.8 Å². The van der Waals surface area contributed by atoms with Gasteiger partial charge in [0.15, 0.2) is 0 Å². The highest BCUT2D eigenvalue weighted by Crippen LogP contribution is 2.60. The fourth-order valence-electron chi connectivity index (χ4n) is 2.90. The summed E-state index contributed by atoms with van der Waals surface area (Å²) in [6.07, 6.45) is 6.83. The number of hydrogen-bond donors (Lipinski definition) is 0. The molecule has 1 aromatic heterocycles. The van der Waals surface area contributed by atoms with Crippen LogP contribution in [0, 0.1) is 5.92 Å². The third-order valence-electron chi connectivity index (χ3n) is 3.73. The van der Waals surface area contributed by atoms with Crippen molar-refractivity contribution < 1.29 is 4.42 Å². The quantitative estimate of drug-likeness (QED) is 0.630. The molecule has 1 nitrogen and oxygen atoms in total. The Balaban J connectivity index is 2.02. The molecule has 0 bridgehead atoms. The molecule has 2 unspecified atom stereocenters. The van der Waals surface area contributed by atoms with E-state index in [0.717, 1.165) is 12.3 Å². The maximum absolute atomic E-state index is 5.92. The lowest BCUT2D eigenvalue weighted by molar-refractivity contribution is 0.431. The van der Waals surface area contributed by atoms with Gasteiger partial charge in [0.1, 0.15) is 5.76 Å². The summed E-state index contributed by atoms with van der Waals surface area (Å²) in [7, 11) is 0.